The summed E-state index contributed by atoms with van der Waals surface area (Å²) in [6.45, 7) is 3.82. The van der Waals surface area contributed by atoms with Crippen molar-refractivity contribution in [3.05, 3.63) is 81.7 Å². The Morgan fingerprint density at radius 2 is 1.90 bits per heavy atom. The molecule has 4 aromatic rings. The lowest BCUT2D eigenvalue weighted by molar-refractivity contribution is 0.290. The summed E-state index contributed by atoms with van der Waals surface area (Å²) in [5, 5.41) is 12.0. The van der Waals surface area contributed by atoms with E-state index in [-0.39, 0.29) is 18.1 Å². The number of ether oxygens (including phenoxy) is 1. The lowest BCUT2D eigenvalue weighted by Crippen LogP contribution is -2.23. The van der Waals surface area contributed by atoms with Crippen molar-refractivity contribution < 1.29 is 9.13 Å². The molecular weight excluding hydrogens is 375 g/mol. The van der Waals surface area contributed by atoms with E-state index in [1.807, 2.05) is 19.1 Å². The van der Waals surface area contributed by atoms with Gasteiger partial charge in [0.05, 0.1) is 11.4 Å². The minimum absolute atomic E-state index is 0.185. The third kappa shape index (κ3) is 3.54. The molecule has 0 amide bonds. The zero-order chi connectivity index (χ0) is 20.5. The molecule has 29 heavy (non-hydrogen) atoms. The zero-order valence-corrected chi connectivity index (χ0v) is 16.2. The summed E-state index contributed by atoms with van der Waals surface area (Å²) < 4.78 is 23.6. The van der Waals surface area contributed by atoms with E-state index in [4.69, 9.17) is 4.74 Å². The fourth-order valence-corrected chi connectivity index (χ4v) is 2.94. The van der Waals surface area contributed by atoms with Crippen LogP contribution in [0, 0.1) is 19.7 Å². The molecule has 9 heteroatoms. The quantitative estimate of drug-likeness (QED) is 0.520. The minimum atomic E-state index is -0.345. The Balaban J connectivity index is 1.59. The molecule has 148 valence electrons. The van der Waals surface area contributed by atoms with Crippen LogP contribution in [-0.4, -0.2) is 29.6 Å². The van der Waals surface area contributed by atoms with Crippen molar-refractivity contribution in [2.75, 3.05) is 0 Å². The molecule has 0 aliphatic heterocycles. The van der Waals surface area contributed by atoms with E-state index in [1.54, 1.807) is 49.1 Å². The fraction of sp³-hybridized carbons (Fsp3) is 0.200. The average molecular weight is 394 g/mol. The summed E-state index contributed by atoms with van der Waals surface area (Å²) in [5.41, 5.74) is 3.17. The largest absolute Gasteiger partial charge is 0.472 e. The molecule has 2 aromatic heterocycles. The molecule has 0 atom stereocenters. The van der Waals surface area contributed by atoms with Crippen LogP contribution >= 0.6 is 0 Å². The molecule has 0 spiro atoms. The second kappa shape index (κ2) is 7.34. The normalized spacial score (nSPS) is 11.0. The molecule has 0 N–H and O–H groups in total. The van der Waals surface area contributed by atoms with Crippen LogP contribution in [0.1, 0.15) is 16.7 Å². The third-order valence-electron chi connectivity index (χ3n) is 4.68. The summed E-state index contributed by atoms with van der Waals surface area (Å²) in [6, 6.07) is 12.2. The van der Waals surface area contributed by atoms with Gasteiger partial charge in [-0.1, -0.05) is 18.2 Å². The Hall–Kier alpha value is -3.75. The van der Waals surface area contributed by atoms with Gasteiger partial charge in [0, 0.05) is 24.9 Å². The summed E-state index contributed by atoms with van der Waals surface area (Å²) in [5.74, 6) is 0.0890. The number of halogens is 1. The minimum Gasteiger partial charge on any atom is -0.472 e. The number of hydrogen-bond acceptors (Lipinski definition) is 5. The van der Waals surface area contributed by atoms with E-state index in [9.17, 15) is 9.18 Å². The first kappa shape index (κ1) is 18.6. The monoisotopic (exact) mass is 394 g/mol. The van der Waals surface area contributed by atoms with Gasteiger partial charge in [-0.2, -0.15) is 9.36 Å². The van der Waals surface area contributed by atoms with Crippen molar-refractivity contribution in [1.82, 2.24) is 29.6 Å². The van der Waals surface area contributed by atoms with Gasteiger partial charge in [-0.15, -0.1) is 5.10 Å². The number of aryl methyl sites for hydroxylation is 3. The van der Waals surface area contributed by atoms with Gasteiger partial charge in [0.2, 0.25) is 5.88 Å². The van der Waals surface area contributed by atoms with Gasteiger partial charge in [0.15, 0.2) is 0 Å². The predicted molar refractivity (Wildman–Crippen MR) is 104 cm³/mol. The van der Waals surface area contributed by atoms with Crippen molar-refractivity contribution >= 4 is 0 Å². The van der Waals surface area contributed by atoms with Crippen molar-refractivity contribution in [2.45, 2.75) is 20.5 Å². The van der Waals surface area contributed by atoms with Gasteiger partial charge in [-0.05, 0) is 53.6 Å². The van der Waals surface area contributed by atoms with E-state index < -0.39 is 0 Å². The van der Waals surface area contributed by atoms with Gasteiger partial charge in [0.1, 0.15) is 12.4 Å². The maximum atomic E-state index is 13.8. The van der Waals surface area contributed by atoms with Crippen LogP contribution in [0.3, 0.4) is 0 Å². The number of rotatable bonds is 5. The number of benzene rings is 2. The summed E-state index contributed by atoms with van der Waals surface area (Å²) in [6.07, 6.45) is 1.70. The van der Waals surface area contributed by atoms with Crippen molar-refractivity contribution in [3.63, 3.8) is 0 Å². The second-order valence-corrected chi connectivity index (χ2v) is 6.69. The van der Waals surface area contributed by atoms with Gasteiger partial charge in [0.25, 0.3) is 0 Å². The SMILES string of the molecule is Cc1ccc(-n2ccc(OCc3c(C)cccc3-n3nnn(C)c3=O)n2)cc1F. The molecule has 0 aliphatic carbocycles. The van der Waals surface area contributed by atoms with Crippen molar-refractivity contribution in [1.29, 1.82) is 0 Å². The van der Waals surface area contributed by atoms with Crippen LogP contribution in [0.4, 0.5) is 4.39 Å². The van der Waals surface area contributed by atoms with E-state index in [0.717, 1.165) is 15.8 Å². The van der Waals surface area contributed by atoms with E-state index in [0.29, 0.717) is 22.8 Å². The smallest absolute Gasteiger partial charge is 0.368 e. The highest BCUT2D eigenvalue weighted by molar-refractivity contribution is 5.44. The first-order valence-electron chi connectivity index (χ1n) is 8.97. The Bertz CT molecular complexity index is 1240. The molecule has 0 bridgehead atoms. The maximum Gasteiger partial charge on any atom is 0.368 e. The molecule has 2 heterocycles. The van der Waals surface area contributed by atoms with Crippen molar-refractivity contribution in [3.8, 4) is 17.3 Å². The highest BCUT2D eigenvalue weighted by Crippen LogP contribution is 2.20. The second-order valence-electron chi connectivity index (χ2n) is 6.69. The molecule has 2 aromatic carbocycles. The van der Waals surface area contributed by atoms with Crippen LogP contribution in [0.15, 0.2) is 53.5 Å². The van der Waals surface area contributed by atoms with Crippen LogP contribution in [0.25, 0.3) is 11.4 Å². The van der Waals surface area contributed by atoms with Crippen molar-refractivity contribution in [2.24, 2.45) is 7.05 Å². The molecule has 0 aliphatic rings. The maximum absolute atomic E-state index is 13.8. The Kier molecular flexibility index (Phi) is 4.71. The standard InChI is InChI=1S/C20H19FN6O2/c1-13-5-4-6-18(27-20(28)25(3)23-24-27)16(13)12-29-19-9-10-26(22-19)15-8-7-14(2)17(21)11-15/h4-11H,12H2,1-3H3. The average Bonchev–Trinajstić information content (AvgIpc) is 3.30. The van der Waals surface area contributed by atoms with Gasteiger partial charge < -0.3 is 4.74 Å². The molecule has 0 saturated heterocycles. The molecule has 0 fully saturated rings. The predicted octanol–water partition coefficient (Wildman–Crippen LogP) is 2.49. The van der Waals surface area contributed by atoms with Gasteiger partial charge in [-0.25, -0.2) is 13.9 Å². The van der Waals surface area contributed by atoms with Crippen LogP contribution in [0.5, 0.6) is 5.88 Å². The lowest BCUT2D eigenvalue weighted by Gasteiger charge is -2.11. The van der Waals surface area contributed by atoms with Gasteiger partial charge in [-0.3, -0.25) is 0 Å². The first-order valence-corrected chi connectivity index (χ1v) is 8.97. The van der Waals surface area contributed by atoms with Crippen LogP contribution < -0.4 is 10.4 Å². The fourth-order valence-electron chi connectivity index (χ4n) is 2.94. The molecule has 0 radical (unpaired) electrons. The molecular formula is C20H19FN6O2. The molecule has 4 rings (SSSR count). The Labute approximate surface area is 165 Å². The topological polar surface area (TPSA) is 79.8 Å². The zero-order valence-electron chi connectivity index (χ0n) is 16.2. The van der Waals surface area contributed by atoms with E-state index in [2.05, 4.69) is 15.5 Å². The highest BCUT2D eigenvalue weighted by Gasteiger charge is 2.14. The van der Waals surface area contributed by atoms with Gasteiger partial charge >= 0.3 is 5.69 Å². The Morgan fingerprint density at radius 1 is 1.07 bits per heavy atom. The number of nitrogens with zero attached hydrogens (tertiary/aromatic N) is 6. The Morgan fingerprint density at radius 3 is 2.62 bits per heavy atom. The van der Waals surface area contributed by atoms with E-state index >= 15 is 0 Å². The molecule has 8 nitrogen and oxygen atoms in total. The number of tetrazole rings is 1. The molecule has 0 unspecified atom stereocenters. The highest BCUT2D eigenvalue weighted by atomic mass is 19.1. The van der Waals surface area contributed by atoms with Crippen LogP contribution in [-0.2, 0) is 13.7 Å². The molecule has 0 saturated carbocycles. The summed E-state index contributed by atoms with van der Waals surface area (Å²) in [7, 11) is 1.54. The first-order chi connectivity index (χ1) is 13.9. The van der Waals surface area contributed by atoms with E-state index in [1.165, 1.54) is 10.7 Å². The number of hydrogen-bond donors (Lipinski definition) is 0. The van der Waals surface area contributed by atoms with Crippen LogP contribution in [0.2, 0.25) is 0 Å². The number of aromatic nitrogens is 6. The summed E-state index contributed by atoms with van der Waals surface area (Å²) >= 11 is 0. The summed E-state index contributed by atoms with van der Waals surface area (Å²) in [4.78, 5) is 12.2. The third-order valence-corrected chi connectivity index (χ3v) is 4.68. The lowest BCUT2D eigenvalue weighted by atomic mass is 10.1.